The van der Waals surface area contributed by atoms with Gasteiger partial charge >= 0.3 is 162 Å². The van der Waals surface area contributed by atoms with Gasteiger partial charge in [-0.15, -0.1) is 12.4 Å². The number of halogens is 13. The molecule has 1 rings (SSSR count). The van der Waals surface area contributed by atoms with E-state index in [0.717, 1.165) is 0 Å². The van der Waals surface area contributed by atoms with Crippen LogP contribution in [0.1, 0.15) is 0 Å². The third-order valence-corrected chi connectivity index (χ3v) is 20.5. The number of hydrogen-bond acceptors (Lipinski definition) is 4. The molecule has 0 atom stereocenters. The third-order valence-electron chi connectivity index (χ3n) is 6.36. The molecule has 1 fully saturated rings. The van der Waals surface area contributed by atoms with Crippen molar-refractivity contribution in [2.24, 2.45) is 0 Å². The van der Waals surface area contributed by atoms with Crippen LogP contribution in [0.25, 0.3) is 0 Å². The Morgan fingerprint density at radius 2 is 0.742 bits per heavy atom. The van der Waals surface area contributed by atoms with Crippen LogP contribution in [0, 0.1) is 0 Å². The normalized spacial score (nSPS) is 22.4. The average molecular weight is 547 g/mol. The van der Waals surface area contributed by atoms with E-state index < -0.39 is 67.0 Å². The summed E-state index contributed by atoms with van der Waals surface area (Å²) in [4.78, 5) is 0. The molecule has 0 saturated carbocycles. The monoisotopic (exact) mass is 546 g/mol. The standard InChI is InChI=1S/C8H19N4.4CF3.CH3.ClH.Ti/c1-2-10-5-6-12-8-7-11-4-3-9-1;4*2-1(3)4;;;/h9-11H,1-8H2;;;;;1H3;1H;/q-1;;;;;;;+1. The van der Waals surface area contributed by atoms with Crippen LogP contribution in [0.15, 0.2) is 0 Å². The summed E-state index contributed by atoms with van der Waals surface area (Å²) < 4.78 is 137. The minimum atomic E-state index is -12.4. The Kier molecular flexibility index (Phi) is 8.99. The van der Waals surface area contributed by atoms with Crippen LogP contribution in [0.5, 0.6) is 0 Å². The van der Waals surface area contributed by atoms with Crippen molar-refractivity contribution in [3.05, 3.63) is 0 Å². The molecule has 0 radical (unpaired) electrons. The molecule has 4 nitrogen and oxygen atoms in total. The van der Waals surface area contributed by atoms with Gasteiger partial charge in [-0.25, -0.2) is 0 Å². The zero-order valence-corrected chi connectivity index (χ0v) is 18.4. The molecule has 1 heterocycles. The molecule has 1 aliphatic rings. The first-order valence-corrected chi connectivity index (χ1v) is 14.1. The van der Waals surface area contributed by atoms with Gasteiger partial charge < -0.3 is 0 Å². The SMILES string of the molecule is Cl.[CH3][Ti]([N]1CCNCCNCCNCC1)([C](F)(F)F)([C](F)(F)F)([C](F)(F)F)[C](F)(F)F. The zero-order valence-electron chi connectivity index (χ0n) is 16.0. The van der Waals surface area contributed by atoms with Crippen molar-refractivity contribution in [1.29, 1.82) is 0 Å². The van der Waals surface area contributed by atoms with Crippen molar-refractivity contribution >= 4 is 12.4 Å². The Morgan fingerprint density at radius 3 is 0.968 bits per heavy atom. The number of nitrogens with one attached hydrogen (secondary N) is 3. The molecule has 0 unspecified atom stereocenters. The van der Waals surface area contributed by atoms with Gasteiger partial charge in [0.1, 0.15) is 0 Å². The molecule has 1 saturated heterocycles. The number of hydrogen-bond donors (Lipinski definition) is 3. The van der Waals surface area contributed by atoms with Gasteiger partial charge in [0.2, 0.25) is 0 Å². The summed E-state index contributed by atoms with van der Waals surface area (Å²) in [5, 5.41) is 5.73. The van der Waals surface area contributed by atoms with E-state index in [1.165, 1.54) is 0 Å². The maximum atomic E-state index is 14.1. The minimum absolute atomic E-state index is 0. The van der Waals surface area contributed by atoms with Gasteiger partial charge in [-0.05, 0) is 0 Å². The summed E-state index contributed by atoms with van der Waals surface area (Å²) in [7, 11) is 0. The van der Waals surface area contributed by atoms with Gasteiger partial charge in [0.05, 0.1) is 0 Å². The van der Waals surface area contributed by atoms with Crippen LogP contribution >= 0.6 is 12.4 Å². The van der Waals surface area contributed by atoms with E-state index in [2.05, 4.69) is 16.0 Å². The van der Waals surface area contributed by atoms with Crippen molar-refractivity contribution in [3.63, 3.8) is 0 Å². The van der Waals surface area contributed by atoms with Gasteiger partial charge in [-0.2, -0.15) is 0 Å². The molecule has 0 bridgehead atoms. The molecule has 3 N–H and O–H groups in total. The summed E-state index contributed by atoms with van der Waals surface area (Å²) in [6.07, 6.45) is 0. The van der Waals surface area contributed by atoms with E-state index in [4.69, 9.17) is 0 Å². The van der Waals surface area contributed by atoms with Gasteiger partial charge in [-0.1, -0.05) is 0 Å². The van der Waals surface area contributed by atoms with Crippen LogP contribution in [0.3, 0.4) is 0 Å². The molecular formula is C13H23ClF12N4Ti. The van der Waals surface area contributed by atoms with Crippen molar-refractivity contribution < 1.29 is 67.0 Å². The summed E-state index contributed by atoms with van der Waals surface area (Å²) in [5.41, 5.74) is 0. The molecule has 0 aromatic carbocycles. The summed E-state index contributed by atoms with van der Waals surface area (Å²) in [6.45, 7) is -5.28. The van der Waals surface area contributed by atoms with Gasteiger partial charge in [0.25, 0.3) is 0 Å². The average Bonchev–Trinajstić information content (AvgIpc) is 2.50. The number of alkyl halides is 12. The molecule has 0 aliphatic carbocycles. The second-order valence-corrected chi connectivity index (χ2v) is 19.7. The van der Waals surface area contributed by atoms with Gasteiger partial charge in [0, 0.05) is 0 Å². The van der Waals surface area contributed by atoms with Gasteiger partial charge in [0.15, 0.2) is 0 Å². The predicted octanol–water partition coefficient (Wildman–Crippen LogP) is 3.76. The van der Waals surface area contributed by atoms with E-state index in [-0.39, 0.29) is 38.6 Å². The molecule has 0 amide bonds. The number of rotatable bonds is 1. The molecule has 0 spiro atoms. The number of nitrogens with zero attached hydrogens (tertiary/aromatic N) is 1. The van der Waals surface area contributed by atoms with E-state index in [1.54, 1.807) is 0 Å². The fraction of sp³-hybridized carbons (Fsp3) is 1.00. The molecule has 18 heteroatoms. The molecule has 190 valence electrons. The summed E-state index contributed by atoms with van der Waals surface area (Å²) in [5.74, 6) is 0. The Balaban J connectivity index is 0.00000900. The first-order valence-electron chi connectivity index (χ1n) is 8.75. The molecule has 0 aromatic rings. The van der Waals surface area contributed by atoms with E-state index in [0.29, 0.717) is 0 Å². The first kappa shape index (κ1) is 31.0. The van der Waals surface area contributed by atoms with E-state index in [9.17, 15) is 52.7 Å². The van der Waals surface area contributed by atoms with Gasteiger partial charge in [-0.3, -0.25) is 0 Å². The molecule has 1 aliphatic heterocycles. The summed E-state index contributed by atoms with van der Waals surface area (Å²) in [6, 6.07) is 0. The molecular weight excluding hydrogens is 523 g/mol. The van der Waals surface area contributed by atoms with Crippen molar-refractivity contribution in [1.82, 2.24) is 19.3 Å². The Bertz CT molecular complexity index is 532. The van der Waals surface area contributed by atoms with Crippen molar-refractivity contribution in [2.45, 2.75) is 23.2 Å². The molecule has 31 heavy (non-hydrogen) atoms. The fourth-order valence-electron chi connectivity index (χ4n) is 3.62. The van der Waals surface area contributed by atoms with Crippen LogP contribution in [0.2, 0.25) is 5.23 Å². The summed E-state index contributed by atoms with van der Waals surface area (Å²) >= 11 is -12.4. The van der Waals surface area contributed by atoms with E-state index >= 15 is 0 Å². The van der Waals surface area contributed by atoms with Crippen LogP contribution in [-0.4, -0.2) is 73.7 Å². The third kappa shape index (κ3) is 3.33. The molecule has 0 aromatic heterocycles. The zero-order chi connectivity index (χ0) is 23.8. The van der Waals surface area contributed by atoms with Crippen molar-refractivity contribution in [2.75, 3.05) is 52.4 Å². The predicted molar refractivity (Wildman–Crippen MR) is 87.5 cm³/mol. The second-order valence-electron chi connectivity index (χ2n) is 7.65. The Morgan fingerprint density at radius 1 is 0.516 bits per heavy atom. The van der Waals surface area contributed by atoms with Crippen LogP contribution in [-0.2, 0) is 14.3 Å². The first-order chi connectivity index (χ1) is 13.3. The van der Waals surface area contributed by atoms with E-state index in [1.807, 2.05) is 0 Å². The Labute approximate surface area is 174 Å². The van der Waals surface area contributed by atoms with Crippen LogP contribution in [0.4, 0.5) is 52.7 Å². The van der Waals surface area contributed by atoms with Crippen molar-refractivity contribution in [3.8, 4) is 0 Å². The van der Waals surface area contributed by atoms with Crippen LogP contribution < -0.4 is 16.0 Å². The fourth-order valence-corrected chi connectivity index (χ4v) is 11.3. The second kappa shape index (κ2) is 8.98. The topological polar surface area (TPSA) is 39.3 Å². The quantitative estimate of drug-likeness (QED) is 0.346. The maximum absolute atomic E-state index is 14.1. The Hall–Kier alpha value is 0.00429.